The highest BCUT2D eigenvalue weighted by Crippen LogP contribution is 2.46. The highest BCUT2D eigenvalue weighted by Gasteiger charge is 2.37. The molecule has 3 N–H and O–H groups in total. The molecule has 0 aromatic carbocycles. The van der Waals surface area contributed by atoms with E-state index >= 15 is 0 Å². The van der Waals surface area contributed by atoms with Crippen LogP contribution < -0.4 is 0 Å². The van der Waals surface area contributed by atoms with Gasteiger partial charge < -0.3 is 19.9 Å². The van der Waals surface area contributed by atoms with Crippen LogP contribution in [0.5, 0.6) is 0 Å². The molecular weight excluding hydrogens is 292 g/mol. The molecule has 1 heterocycles. The third-order valence-electron chi connectivity index (χ3n) is 3.94. The van der Waals surface area contributed by atoms with Crippen molar-refractivity contribution in [3.05, 3.63) is 17.0 Å². The first-order valence-corrected chi connectivity index (χ1v) is 7.12. The number of nitrogens with zero attached hydrogens (tertiary/aromatic N) is 2. The molecule has 2 rings (SSSR count). The Hall–Kier alpha value is -2.38. The molecule has 1 aliphatic rings. The summed E-state index contributed by atoms with van der Waals surface area (Å²) in [5.74, 6) is -3.95. The predicted molar refractivity (Wildman–Crippen MR) is 74.3 cm³/mol. The summed E-state index contributed by atoms with van der Waals surface area (Å²) >= 11 is 0. The Kier molecular flexibility index (Phi) is 4.79. The Bertz CT molecular complexity index is 576. The number of carboxylic acids is 2. The van der Waals surface area contributed by atoms with Crippen molar-refractivity contribution < 1.29 is 29.5 Å². The van der Waals surface area contributed by atoms with Crippen LogP contribution in [0, 0.1) is 5.92 Å². The van der Waals surface area contributed by atoms with Gasteiger partial charge in [0.25, 0.3) is 0 Å². The fraction of sp³-hybridized carbons (Fsp3) is 0.571. The van der Waals surface area contributed by atoms with Gasteiger partial charge in [0.15, 0.2) is 11.7 Å². The average molecular weight is 310 g/mol. The number of carboxylic acid groups (broad SMARTS) is 2. The van der Waals surface area contributed by atoms with E-state index < -0.39 is 17.9 Å². The van der Waals surface area contributed by atoms with Gasteiger partial charge in [-0.3, -0.25) is 9.59 Å². The molecule has 0 aliphatic heterocycles. The molecule has 0 bridgehead atoms. The van der Waals surface area contributed by atoms with Crippen molar-refractivity contribution in [1.29, 1.82) is 0 Å². The van der Waals surface area contributed by atoms with Crippen molar-refractivity contribution in [3.63, 3.8) is 0 Å². The second kappa shape index (κ2) is 6.59. The first-order chi connectivity index (χ1) is 10.5. The number of oxime groups is 1. The zero-order valence-electron chi connectivity index (χ0n) is 12.1. The Balaban J connectivity index is 2.31. The van der Waals surface area contributed by atoms with Crippen molar-refractivity contribution in [3.8, 4) is 0 Å². The lowest BCUT2D eigenvalue weighted by Gasteiger charge is -2.16. The number of aromatic nitrogens is 1. The smallest absolute Gasteiger partial charge is 0.317 e. The molecule has 1 fully saturated rings. The lowest BCUT2D eigenvalue weighted by molar-refractivity contribution is -0.155. The quantitative estimate of drug-likeness (QED) is 0.289. The highest BCUT2D eigenvalue weighted by molar-refractivity contribution is 5.92. The summed E-state index contributed by atoms with van der Waals surface area (Å²) < 4.78 is 5.17. The topological polar surface area (TPSA) is 133 Å². The molecule has 1 atom stereocenters. The van der Waals surface area contributed by atoms with Crippen LogP contribution in [0.3, 0.4) is 0 Å². The molecule has 1 aliphatic carbocycles. The fourth-order valence-electron chi connectivity index (χ4n) is 2.61. The van der Waals surface area contributed by atoms with Crippen molar-refractivity contribution in [2.75, 3.05) is 0 Å². The SMILES string of the molecule is CC[C@H](CC(C(=O)O)C(=O)O)c1noc(C=NO)c1C1CC1. The van der Waals surface area contributed by atoms with Crippen LogP contribution in [0.15, 0.2) is 9.68 Å². The number of aliphatic carboxylic acids is 2. The van der Waals surface area contributed by atoms with Crippen LogP contribution >= 0.6 is 0 Å². The van der Waals surface area contributed by atoms with E-state index in [0.717, 1.165) is 24.6 Å². The summed E-state index contributed by atoms with van der Waals surface area (Å²) in [5.41, 5.74) is 1.38. The van der Waals surface area contributed by atoms with E-state index in [9.17, 15) is 9.59 Å². The molecule has 0 saturated heterocycles. The summed E-state index contributed by atoms with van der Waals surface area (Å²) in [6.07, 6.45) is 3.56. The van der Waals surface area contributed by atoms with Gasteiger partial charge in [-0.05, 0) is 31.6 Å². The Morgan fingerprint density at radius 2 is 2.05 bits per heavy atom. The van der Waals surface area contributed by atoms with E-state index in [-0.39, 0.29) is 18.3 Å². The molecular formula is C14H18N2O6. The van der Waals surface area contributed by atoms with Crippen molar-refractivity contribution in [2.24, 2.45) is 11.1 Å². The van der Waals surface area contributed by atoms with E-state index in [2.05, 4.69) is 10.3 Å². The van der Waals surface area contributed by atoms with Crippen molar-refractivity contribution >= 4 is 18.2 Å². The standard InChI is InChI=1S/C14H18N2O6/c1-2-7(5-9(13(17)18)14(19)20)12-11(8-3-4-8)10(6-15-21)22-16-12/h6-9,21H,2-5H2,1H3,(H,17,18)(H,19,20)/t7-/m1/s1. The van der Waals surface area contributed by atoms with Gasteiger partial charge in [-0.1, -0.05) is 17.2 Å². The minimum atomic E-state index is -1.48. The van der Waals surface area contributed by atoms with Crippen LogP contribution in [0.4, 0.5) is 0 Å². The van der Waals surface area contributed by atoms with Crippen LogP contribution in [0.1, 0.15) is 61.5 Å². The zero-order valence-corrected chi connectivity index (χ0v) is 12.1. The number of carbonyl (C=O) groups is 2. The molecule has 1 saturated carbocycles. The Labute approximate surface area is 126 Å². The van der Waals surface area contributed by atoms with Crippen LogP contribution in [-0.2, 0) is 9.59 Å². The molecule has 0 amide bonds. The highest BCUT2D eigenvalue weighted by atomic mass is 16.5. The van der Waals surface area contributed by atoms with Gasteiger partial charge in [-0.25, -0.2) is 0 Å². The first kappa shape index (κ1) is 16.0. The molecule has 1 aromatic heterocycles. The van der Waals surface area contributed by atoms with Gasteiger partial charge >= 0.3 is 11.9 Å². The molecule has 0 radical (unpaired) electrons. The summed E-state index contributed by atoms with van der Waals surface area (Å²) in [6.45, 7) is 1.84. The lowest BCUT2D eigenvalue weighted by Crippen LogP contribution is -2.25. The summed E-state index contributed by atoms with van der Waals surface area (Å²) in [4.78, 5) is 22.2. The van der Waals surface area contributed by atoms with Crippen molar-refractivity contribution in [2.45, 2.75) is 44.4 Å². The normalized spacial score (nSPS) is 16.3. The second-order valence-corrected chi connectivity index (χ2v) is 5.43. The molecule has 22 heavy (non-hydrogen) atoms. The zero-order chi connectivity index (χ0) is 16.3. The summed E-state index contributed by atoms with van der Waals surface area (Å²) in [5, 5.41) is 33.7. The Morgan fingerprint density at radius 1 is 1.41 bits per heavy atom. The Morgan fingerprint density at radius 3 is 2.50 bits per heavy atom. The van der Waals surface area contributed by atoms with Gasteiger partial charge in [0, 0.05) is 11.5 Å². The maximum atomic E-state index is 11.1. The largest absolute Gasteiger partial charge is 0.481 e. The van der Waals surface area contributed by atoms with E-state index in [1.165, 1.54) is 0 Å². The summed E-state index contributed by atoms with van der Waals surface area (Å²) in [6, 6.07) is 0. The van der Waals surface area contributed by atoms with E-state index in [1.807, 2.05) is 6.92 Å². The van der Waals surface area contributed by atoms with E-state index in [1.54, 1.807) is 0 Å². The molecule has 120 valence electrons. The van der Waals surface area contributed by atoms with Crippen LogP contribution in [0.2, 0.25) is 0 Å². The molecule has 8 nitrogen and oxygen atoms in total. The maximum Gasteiger partial charge on any atom is 0.317 e. The molecule has 0 unspecified atom stereocenters. The number of rotatable bonds is 8. The van der Waals surface area contributed by atoms with E-state index in [0.29, 0.717) is 17.9 Å². The first-order valence-electron chi connectivity index (χ1n) is 7.12. The minimum Gasteiger partial charge on any atom is -0.481 e. The van der Waals surface area contributed by atoms with Gasteiger partial charge in [-0.15, -0.1) is 0 Å². The predicted octanol–water partition coefficient (Wildman–Crippen LogP) is 2.03. The van der Waals surface area contributed by atoms with Gasteiger partial charge in [-0.2, -0.15) is 0 Å². The van der Waals surface area contributed by atoms with Crippen molar-refractivity contribution in [1.82, 2.24) is 5.16 Å². The van der Waals surface area contributed by atoms with Crippen LogP contribution in [0.25, 0.3) is 0 Å². The van der Waals surface area contributed by atoms with Crippen LogP contribution in [-0.4, -0.2) is 38.7 Å². The molecule has 0 spiro atoms. The molecule has 8 heteroatoms. The second-order valence-electron chi connectivity index (χ2n) is 5.43. The van der Waals surface area contributed by atoms with E-state index in [4.69, 9.17) is 19.9 Å². The number of hydrogen-bond acceptors (Lipinski definition) is 6. The minimum absolute atomic E-state index is 0.0525. The fourth-order valence-corrected chi connectivity index (χ4v) is 2.61. The van der Waals surface area contributed by atoms with Gasteiger partial charge in [0.2, 0.25) is 0 Å². The third-order valence-corrected chi connectivity index (χ3v) is 3.94. The van der Waals surface area contributed by atoms with Gasteiger partial charge in [0.1, 0.15) is 6.21 Å². The maximum absolute atomic E-state index is 11.1. The third kappa shape index (κ3) is 3.26. The number of hydrogen-bond donors (Lipinski definition) is 3. The monoisotopic (exact) mass is 310 g/mol. The lowest BCUT2D eigenvalue weighted by atomic mass is 9.87. The summed E-state index contributed by atoms with van der Waals surface area (Å²) in [7, 11) is 0. The average Bonchev–Trinajstić information content (AvgIpc) is 3.21. The molecule has 1 aromatic rings. The van der Waals surface area contributed by atoms with Gasteiger partial charge in [0.05, 0.1) is 5.69 Å².